The van der Waals surface area contributed by atoms with Gasteiger partial charge in [-0.05, 0) is 58.4 Å². The van der Waals surface area contributed by atoms with E-state index in [0.29, 0.717) is 27.0 Å². The number of benzene rings is 2. The molecule has 124 valence electrons. The van der Waals surface area contributed by atoms with E-state index in [1.165, 1.54) is 6.20 Å². The molecule has 0 radical (unpaired) electrons. The first-order valence-corrected chi connectivity index (χ1v) is 8.20. The van der Waals surface area contributed by atoms with E-state index in [-0.39, 0.29) is 5.91 Å². The van der Waals surface area contributed by atoms with E-state index in [2.05, 4.69) is 26.2 Å². The van der Waals surface area contributed by atoms with E-state index in [1.54, 1.807) is 60.8 Å². The van der Waals surface area contributed by atoms with Crippen LogP contribution in [0.3, 0.4) is 0 Å². The summed E-state index contributed by atoms with van der Waals surface area (Å²) < 4.78 is 5.98. The number of pyridine rings is 1. The highest BCUT2D eigenvalue weighted by Crippen LogP contribution is 2.18. The fraction of sp³-hybridized carbons (Fsp3) is 0. The van der Waals surface area contributed by atoms with Crippen molar-refractivity contribution in [2.24, 2.45) is 0 Å². The van der Waals surface area contributed by atoms with E-state index in [0.717, 1.165) is 0 Å². The normalized spacial score (nSPS) is 10.1. The van der Waals surface area contributed by atoms with Gasteiger partial charge in [-0.25, -0.2) is 4.79 Å². The van der Waals surface area contributed by atoms with Crippen molar-refractivity contribution < 1.29 is 14.3 Å². The summed E-state index contributed by atoms with van der Waals surface area (Å²) in [4.78, 5) is 28.1. The number of hydrogen-bond donors (Lipinski definition) is 1. The number of esters is 1. The summed E-state index contributed by atoms with van der Waals surface area (Å²) in [5.74, 6) is -0.330. The average molecular weight is 397 g/mol. The number of aromatic nitrogens is 1. The lowest BCUT2D eigenvalue weighted by Crippen LogP contribution is -2.12. The first kappa shape index (κ1) is 16.9. The van der Waals surface area contributed by atoms with Crippen LogP contribution in [-0.2, 0) is 0 Å². The molecule has 0 aliphatic heterocycles. The molecule has 0 aliphatic rings. The fourth-order valence-electron chi connectivity index (χ4n) is 2.09. The number of nitrogens with zero attached hydrogens (tertiary/aromatic N) is 1. The molecule has 0 saturated carbocycles. The smallest absolute Gasteiger partial charge is 0.345 e. The van der Waals surface area contributed by atoms with Gasteiger partial charge in [0.1, 0.15) is 5.75 Å². The summed E-state index contributed by atoms with van der Waals surface area (Å²) >= 11 is 3.26. The van der Waals surface area contributed by atoms with Crippen LogP contribution in [0.15, 0.2) is 77.5 Å². The number of halogens is 1. The molecule has 25 heavy (non-hydrogen) atoms. The summed E-state index contributed by atoms with van der Waals surface area (Å²) in [5.41, 5.74) is 1.52. The van der Waals surface area contributed by atoms with Crippen molar-refractivity contribution in [2.75, 3.05) is 5.32 Å². The summed E-state index contributed by atoms with van der Waals surface area (Å²) in [5, 5.41) is 2.78. The van der Waals surface area contributed by atoms with Crippen molar-refractivity contribution in [3.63, 3.8) is 0 Å². The lowest BCUT2D eigenvalue weighted by molar-refractivity contribution is 0.0734. The molecule has 1 heterocycles. The molecular formula is C19H13BrN2O3. The molecule has 0 saturated heterocycles. The van der Waals surface area contributed by atoms with Gasteiger partial charge in [0.2, 0.25) is 0 Å². The van der Waals surface area contributed by atoms with Gasteiger partial charge in [0.05, 0.1) is 5.56 Å². The molecule has 1 aromatic heterocycles. The molecule has 0 aliphatic carbocycles. The lowest BCUT2D eigenvalue weighted by atomic mass is 10.2. The van der Waals surface area contributed by atoms with Gasteiger partial charge in [-0.3, -0.25) is 9.78 Å². The van der Waals surface area contributed by atoms with Crippen molar-refractivity contribution in [1.29, 1.82) is 0 Å². The SMILES string of the molecule is O=C(Nc1ccc(OC(=O)c2cncc(Br)c2)cc1)c1ccccc1. The van der Waals surface area contributed by atoms with Crippen molar-refractivity contribution in [1.82, 2.24) is 4.98 Å². The maximum atomic E-state index is 12.1. The maximum Gasteiger partial charge on any atom is 0.345 e. The van der Waals surface area contributed by atoms with Gasteiger partial charge in [-0.15, -0.1) is 0 Å². The van der Waals surface area contributed by atoms with Gasteiger partial charge < -0.3 is 10.1 Å². The third-order valence-corrected chi connectivity index (χ3v) is 3.73. The second-order valence-electron chi connectivity index (χ2n) is 5.13. The molecule has 1 amide bonds. The van der Waals surface area contributed by atoms with Gasteiger partial charge in [0, 0.05) is 28.1 Å². The van der Waals surface area contributed by atoms with Crippen molar-refractivity contribution in [3.05, 3.63) is 88.7 Å². The standard InChI is InChI=1S/C19H13BrN2O3/c20-15-10-14(11-21-12-15)19(24)25-17-8-6-16(7-9-17)22-18(23)13-4-2-1-3-5-13/h1-12H,(H,22,23). The van der Waals surface area contributed by atoms with Crippen LogP contribution in [0.4, 0.5) is 5.69 Å². The van der Waals surface area contributed by atoms with E-state index in [9.17, 15) is 9.59 Å². The summed E-state index contributed by atoms with van der Waals surface area (Å²) in [6.45, 7) is 0. The number of nitrogens with one attached hydrogen (secondary N) is 1. The molecule has 0 unspecified atom stereocenters. The van der Waals surface area contributed by atoms with Crippen LogP contribution in [0.5, 0.6) is 5.75 Å². The molecule has 0 spiro atoms. The van der Waals surface area contributed by atoms with E-state index >= 15 is 0 Å². The topological polar surface area (TPSA) is 68.3 Å². The Kier molecular flexibility index (Phi) is 5.20. The molecule has 3 rings (SSSR count). The van der Waals surface area contributed by atoms with E-state index in [4.69, 9.17) is 4.74 Å². The Bertz CT molecular complexity index is 896. The number of anilines is 1. The Morgan fingerprint density at radius 1 is 0.920 bits per heavy atom. The molecule has 0 bridgehead atoms. The highest BCUT2D eigenvalue weighted by Gasteiger charge is 2.10. The Labute approximate surface area is 152 Å². The third-order valence-electron chi connectivity index (χ3n) is 3.30. The van der Waals surface area contributed by atoms with Crippen molar-refractivity contribution in [3.8, 4) is 5.75 Å². The molecule has 3 aromatic rings. The first-order chi connectivity index (χ1) is 12.1. The minimum Gasteiger partial charge on any atom is -0.423 e. The fourth-order valence-corrected chi connectivity index (χ4v) is 2.45. The zero-order valence-corrected chi connectivity index (χ0v) is 14.6. The number of carbonyl (C=O) groups is 2. The second-order valence-corrected chi connectivity index (χ2v) is 6.04. The van der Waals surface area contributed by atoms with Crippen LogP contribution in [0.2, 0.25) is 0 Å². The van der Waals surface area contributed by atoms with E-state index in [1.807, 2.05) is 6.07 Å². The highest BCUT2D eigenvalue weighted by atomic mass is 79.9. The largest absolute Gasteiger partial charge is 0.423 e. The Morgan fingerprint density at radius 3 is 2.32 bits per heavy atom. The zero-order chi connectivity index (χ0) is 17.6. The molecule has 2 aromatic carbocycles. The predicted octanol–water partition coefficient (Wildman–Crippen LogP) is 4.32. The Balaban J connectivity index is 1.64. The molecule has 0 fully saturated rings. The maximum absolute atomic E-state index is 12.1. The number of amides is 1. The third kappa shape index (κ3) is 4.51. The van der Waals surface area contributed by atoms with Crippen LogP contribution < -0.4 is 10.1 Å². The minimum atomic E-state index is -0.505. The van der Waals surface area contributed by atoms with E-state index < -0.39 is 5.97 Å². The summed E-state index contributed by atoms with van der Waals surface area (Å²) in [6.07, 6.45) is 3.02. The minimum absolute atomic E-state index is 0.203. The number of hydrogen-bond acceptors (Lipinski definition) is 4. The first-order valence-electron chi connectivity index (χ1n) is 7.41. The van der Waals surface area contributed by atoms with Gasteiger partial charge in [0.25, 0.3) is 5.91 Å². The molecule has 5 nitrogen and oxygen atoms in total. The Hall–Kier alpha value is -2.99. The molecule has 1 N–H and O–H groups in total. The van der Waals surface area contributed by atoms with Crippen LogP contribution in [-0.4, -0.2) is 16.9 Å². The van der Waals surface area contributed by atoms with Crippen molar-refractivity contribution in [2.45, 2.75) is 0 Å². The monoisotopic (exact) mass is 396 g/mol. The quantitative estimate of drug-likeness (QED) is 0.526. The molecule has 6 heteroatoms. The van der Waals surface area contributed by atoms with Gasteiger partial charge >= 0.3 is 5.97 Å². The number of carbonyl (C=O) groups excluding carboxylic acids is 2. The summed E-state index contributed by atoms with van der Waals surface area (Å²) in [7, 11) is 0. The number of ether oxygens (including phenoxy) is 1. The van der Waals surface area contributed by atoms with Crippen LogP contribution in [0.25, 0.3) is 0 Å². The Morgan fingerprint density at radius 2 is 1.64 bits per heavy atom. The van der Waals surface area contributed by atoms with Gasteiger partial charge in [-0.1, -0.05) is 18.2 Å². The van der Waals surface area contributed by atoms with Crippen LogP contribution in [0, 0.1) is 0 Å². The number of rotatable bonds is 4. The second kappa shape index (κ2) is 7.72. The zero-order valence-electron chi connectivity index (χ0n) is 13.0. The van der Waals surface area contributed by atoms with Crippen molar-refractivity contribution >= 4 is 33.5 Å². The molecule has 0 atom stereocenters. The van der Waals surface area contributed by atoms with Crippen LogP contribution >= 0.6 is 15.9 Å². The predicted molar refractivity (Wildman–Crippen MR) is 97.7 cm³/mol. The molecular weight excluding hydrogens is 384 g/mol. The highest BCUT2D eigenvalue weighted by molar-refractivity contribution is 9.10. The van der Waals surface area contributed by atoms with Crippen LogP contribution in [0.1, 0.15) is 20.7 Å². The van der Waals surface area contributed by atoms with Gasteiger partial charge in [-0.2, -0.15) is 0 Å². The lowest BCUT2D eigenvalue weighted by Gasteiger charge is -2.07. The average Bonchev–Trinajstić information content (AvgIpc) is 2.64. The summed E-state index contributed by atoms with van der Waals surface area (Å²) in [6, 6.07) is 17.1. The van der Waals surface area contributed by atoms with Gasteiger partial charge in [0.15, 0.2) is 0 Å².